The highest BCUT2D eigenvalue weighted by Crippen LogP contribution is 2.30. The van der Waals surface area contributed by atoms with Gasteiger partial charge in [0.15, 0.2) is 4.34 Å². The molecule has 26 heavy (non-hydrogen) atoms. The first-order valence-corrected chi connectivity index (χ1v) is 10.4. The Kier molecular flexibility index (Phi) is 7.46. The Bertz CT molecular complexity index is 708. The van der Waals surface area contributed by atoms with Gasteiger partial charge in [-0.3, -0.25) is 4.79 Å². The Labute approximate surface area is 163 Å². The maximum absolute atomic E-state index is 12.2. The van der Waals surface area contributed by atoms with Crippen molar-refractivity contribution in [1.29, 1.82) is 0 Å². The maximum atomic E-state index is 12.2. The lowest BCUT2D eigenvalue weighted by Gasteiger charge is -2.22. The first-order valence-electron chi connectivity index (χ1n) is 8.64. The molecular weight excluding hydrogens is 366 g/mol. The van der Waals surface area contributed by atoms with Crippen molar-refractivity contribution in [2.75, 3.05) is 12.4 Å². The largest absolute Gasteiger partial charge is 0.497 e. The third-order valence-electron chi connectivity index (χ3n) is 3.67. The molecule has 1 aromatic heterocycles. The Balaban J connectivity index is 1.80. The second-order valence-electron chi connectivity index (χ2n) is 7.63. The van der Waals surface area contributed by atoms with E-state index in [4.69, 9.17) is 4.74 Å². The van der Waals surface area contributed by atoms with Gasteiger partial charge in [0.2, 0.25) is 11.0 Å². The summed E-state index contributed by atoms with van der Waals surface area (Å²) in [5, 5.41) is 11.7. The fourth-order valence-electron chi connectivity index (χ4n) is 2.79. The minimum absolute atomic E-state index is 0.00426. The van der Waals surface area contributed by atoms with E-state index in [1.54, 1.807) is 18.9 Å². The van der Waals surface area contributed by atoms with Gasteiger partial charge in [0.05, 0.1) is 7.11 Å². The standard InChI is InChI=1S/C19H27N3O2S2/c1-13(11-19(2,3)4)10-16(23)20-17-21-22-18(26-17)25-12-14-6-8-15(24-5)9-7-14/h6-9,13H,10-12H2,1-5H3,(H,20,21,23)/t13-/m1/s1. The van der Waals surface area contributed by atoms with E-state index in [-0.39, 0.29) is 11.3 Å². The average Bonchev–Trinajstić information content (AvgIpc) is 2.98. The SMILES string of the molecule is COc1ccc(CSc2nnc(NC(=O)C[C@@H](C)CC(C)(C)C)s2)cc1. The van der Waals surface area contributed by atoms with Crippen LogP contribution in [0.2, 0.25) is 0 Å². The van der Waals surface area contributed by atoms with Crippen molar-refractivity contribution in [1.82, 2.24) is 10.2 Å². The van der Waals surface area contributed by atoms with Crippen LogP contribution in [0.25, 0.3) is 0 Å². The summed E-state index contributed by atoms with van der Waals surface area (Å²) >= 11 is 3.02. The summed E-state index contributed by atoms with van der Waals surface area (Å²) in [7, 11) is 1.66. The highest BCUT2D eigenvalue weighted by Gasteiger charge is 2.18. The van der Waals surface area contributed by atoms with Gasteiger partial charge in [-0.2, -0.15) is 0 Å². The van der Waals surface area contributed by atoms with Crippen LogP contribution in [0.4, 0.5) is 5.13 Å². The van der Waals surface area contributed by atoms with Gasteiger partial charge in [0, 0.05) is 12.2 Å². The smallest absolute Gasteiger partial charge is 0.226 e. The predicted molar refractivity (Wildman–Crippen MR) is 109 cm³/mol. The van der Waals surface area contributed by atoms with Gasteiger partial charge >= 0.3 is 0 Å². The van der Waals surface area contributed by atoms with Gasteiger partial charge in [-0.05, 0) is 35.4 Å². The van der Waals surface area contributed by atoms with Gasteiger partial charge in [0.1, 0.15) is 5.75 Å². The van der Waals surface area contributed by atoms with Gasteiger partial charge in [-0.1, -0.05) is 62.9 Å². The van der Waals surface area contributed by atoms with E-state index in [0.29, 0.717) is 17.5 Å². The number of amides is 1. The van der Waals surface area contributed by atoms with Crippen molar-refractivity contribution in [3.8, 4) is 5.75 Å². The molecule has 0 fully saturated rings. The predicted octanol–water partition coefficient (Wildman–Crippen LogP) is 5.24. The van der Waals surface area contributed by atoms with Crippen LogP contribution in [0.1, 0.15) is 46.1 Å². The van der Waals surface area contributed by atoms with Crippen LogP contribution >= 0.6 is 23.1 Å². The average molecular weight is 394 g/mol. The normalized spacial score (nSPS) is 12.7. The number of nitrogens with one attached hydrogen (secondary N) is 1. The zero-order chi connectivity index (χ0) is 19.2. The molecule has 0 aliphatic rings. The number of nitrogens with zero attached hydrogens (tertiary/aromatic N) is 2. The molecule has 0 spiro atoms. The topological polar surface area (TPSA) is 64.1 Å². The first kappa shape index (κ1) is 20.7. The minimum atomic E-state index is 0.00426. The Morgan fingerprint density at radius 1 is 1.27 bits per heavy atom. The number of carbonyl (C=O) groups excluding carboxylic acids is 1. The third kappa shape index (κ3) is 7.33. The summed E-state index contributed by atoms with van der Waals surface area (Å²) in [6.07, 6.45) is 1.52. The van der Waals surface area contributed by atoms with Crippen LogP contribution < -0.4 is 10.1 Å². The van der Waals surface area contributed by atoms with Crippen molar-refractivity contribution in [2.24, 2.45) is 11.3 Å². The number of ether oxygens (including phenoxy) is 1. The van der Waals surface area contributed by atoms with E-state index in [2.05, 4.69) is 43.2 Å². The molecule has 1 N–H and O–H groups in total. The second-order valence-corrected chi connectivity index (χ2v) is 9.83. The Morgan fingerprint density at radius 3 is 2.58 bits per heavy atom. The lowest BCUT2D eigenvalue weighted by Crippen LogP contribution is -2.18. The molecule has 142 valence electrons. The molecule has 2 rings (SSSR count). The molecule has 5 nitrogen and oxygen atoms in total. The molecule has 0 radical (unpaired) electrons. The monoisotopic (exact) mass is 393 g/mol. The van der Waals surface area contributed by atoms with E-state index in [0.717, 1.165) is 22.3 Å². The fraction of sp³-hybridized carbons (Fsp3) is 0.526. The number of rotatable bonds is 8. The van der Waals surface area contributed by atoms with Crippen molar-refractivity contribution < 1.29 is 9.53 Å². The van der Waals surface area contributed by atoms with Gasteiger partial charge in [-0.15, -0.1) is 10.2 Å². The van der Waals surface area contributed by atoms with E-state index in [1.165, 1.54) is 16.9 Å². The second kappa shape index (κ2) is 9.37. The number of methoxy groups -OCH3 is 1. The van der Waals surface area contributed by atoms with Crippen LogP contribution in [0.5, 0.6) is 5.75 Å². The lowest BCUT2D eigenvalue weighted by molar-refractivity contribution is -0.117. The highest BCUT2D eigenvalue weighted by molar-refractivity contribution is 8.00. The molecule has 0 saturated carbocycles. The van der Waals surface area contributed by atoms with E-state index < -0.39 is 0 Å². The molecule has 0 saturated heterocycles. The Morgan fingerprint density at radius 2 is 1.96 bits per heavy atom. The van der Waals surface area contributed by atoms with Crippen molar-refractivity contribution >= 4 is 34.1 Å². The number of aromatic nitrogens is 2. The summed E-state index contributed by atoms with van der Waals surface area (Å²) in [5.41, 5.74) is 1.42. The zero-order valence-electron chi connectivity index (χ0n) is 16.0. The molecule has 1 heterocycles. The molecule has 0 unspecified atom stereocenters. The van der Waals surface area contributed by atoms with E-state index in [9.17, 15) is 4.79 Å². The molecule has 1 aromatic carbocycles. The summed E-state index contributed by atoms with van der Waals surface area (Å²) in [6, 6.07) is 7.96. The number of carbonyl (C=O) groups is 1. The van der Waals surface area contributed by atoms with Gasteiger partial charge < -0.3 is 10.1 Å². The van der Waals surface area contributed by atoms with E-state index in [1.807, 2.05) is 24.3 Å². The molecule has 1 amide bonds. The molecule has 7 heteroatoms. The number of benzene rings is 1. The summed E-state index contributed by atoms with van der Waals surface area (Å²) in [4.78, 5) is 12.2. The molecule has 2 aromatic rings. The molecule has 0 aliphatic carbocycles. The van der Waals surface area contributed by atoms with Crippen molar-refractivity contribution in [2.45, 2.75) is 50.6 Å². The van der Waals surface area contributed by atoms with Gasteiger partial charge in [-0.25, -0.2) is 0 Å². The van der Waals surface area contributed by atoms with Crippen LogP contribution in [-0.4, -0.2) is 23.2 Å². The lowest BCUT2D eigenvalue weighted by atomic mass is 9.84. The van der Waals surface area contributed by atoms with Crippen LogP contribution in [0.15, 0.2) is 28.6 Å². The van der Waals surface area contributed by atoms with Gasteiger partial charge in [0.25, 0.3) is 0 Å². The van der Waals surface area contributed by atoms with Crippen LogP contribution in [0, 0.1) is 11.3 Å². The van der Waals surface area contributed by atoms with Crippen molar-refractivity contribution in [3.05, 3.63) is 29.8 Å². The number of thioether (sulfide) groups is 1. The summed E-state index contributed by atoms with van der Waals surface area (Å²) < 4.78 is 6.01. The molecule has 0 bridgehead atoms. The zero-order valence-corrected chi connectivity index (χ0v) is 17.7. The third-order valence-corrected chi connectivity index (χ3v) is 5.71. The van der Waals surface area contributed by atoms with E-state index >= 15 is 0 Å². The summed E-state index contributed by atoms with van der Waals surface area (Å²) in [6.45, 7) is 8.69. The maximum Gasteiger partial charge on any atom is 0.226 e. The number of hydrogen-bond donors (Lipinski definition) is 1. The number of anilines is 1. The fourth-order valence-corrected chi connectivity index (χ4v) is 4.51. The summed E-state index contributed by atoms with van der Waals surface area (Å²) in [5.74, 6) is 1.99. The molecule has 1 atom stereocenters. The van der Waals surface area contributed by atoms with Crippen molar-refractivity contribution in [3.63, 3.8) is 0 Å². The molecular formula is C19H27N3O2S2. The highest BCUT2D eigenvalue weighted by atomic mass is 32.2. The van der Waals surface area contributed by atoms with Crippen LogP contribution in [-0.2, 0) is 10.5 Å². The Hall–Kier alpha value is -1.60. The number of hydrogen-bond acceptors (Lipinski definition) is 6. The molecule has 0 aliphatic heterocycles. The quantitative estimate of drug-likeness (QED) is 0.491. The first-order chi connectivity index (χ1) is 12.2. The van der Waals surface area contributed by atoms with Crippen LogP contribution in [0.3, 0.4) is 0 Å². The minimum Gasteiger partial charge on any atom is -0.497 e.